The minimum absolute atomic E-state index is 0.285. The molecule has 0 spiro atoms. The summed E-state index contributed by atoms with van der Waals surface area (Å²) in [5, 5.41) is 0. The minimum atomic E-state index is -4.08. The summed E-state index contributed by atoms with van der Waals surface area (Å²) in [5.74, 6) is -0.206. The van der Waals surface area contributed by atoms with Gasteiger partial charge in [-0.1, -0.05) is 0 Å². The van der Waals surface area contributed by atoms with Gasteiger partial charge in [0.05, 0.1) is 0 Å². The van der Waals surface area contributed by atoms with Gasteiger partial charge in [0.2, 0.25) is 0 Å². The van der Waals surface area contributed by atoms with E-state index in [1.165, 1.54) is 0 Å². The second-order valence-electron chi connectivity index (χ2n) is 6.64. The molecule has 0 bridgehead atoms. The molecule has 4 rings (SSSR count). The molecule has 1 N–H and O–H groups in total. The molecule has 0 saturated carbocycles. The second-order valence-corrected chi connectivity index (χ2v) is 11.0. The number of carbonyl (C=O) groups excluding carboxylic acids is 2. The number of fused-ring (bicyclic) bond motifs is 1. The van der Waals surface area contributed by atoms with E-state index in [1.54, 1.807) is 72.7 Å². The predicted molar refractivity (Wildman–Crippen MR) is 116 cm³/mol. The zero-order valence-electron chi connectivity index (χ0n) is 16.6. The Morgan fingerprint density at radius 1 is 1.03 bits per heavy atom. The van der Waals surface area contributed by atoms with Gasteiger partial charge in [0.15, 0.2) is 0 Å². The van der Waals surface area contributed by atoms with Gasteiger partial charge in [0, 0.05) is 0 Å². The van der Waals surface area contributed by atoms with E-state index in [0.717, 1.165) is 0 Å². The van der Waals surface area contributed by atoms with E-state index in [9.17, 15) is 13.8 Å². The van der Waals surface area contributed by atoms with Crippen LogP contribution in [0.15, 0.2) is 72.8 Å². The van der Waals surface area contributed by atoms with Gasteiger partial charge in [-0.15, -0.1) is 0 Å². The van der Waals surface area contributed by atoms with Gasteiger partial charge < -0.3 is 0 Å². The molecule has 1 heterocycles. The fraction of sp³-hybridized carbons (Fsp3) is 0.130. The summed E-state index contributed by atoms with van der Waals surface area (Å²) >= 11 is -4.08. The molecule has 3 aromatic rings. The Balaban J connectivity index is 1.80. The molecule has 1 aliphatic heterocycles. The van der Waals surface area contributed by atoms with Gasteiger partial charge in [0.25, 0.3) is 0 Å². The molecule has 7 heteroatoms. The third kappa shape index (κ3) is 3.27. The normalized spacial score (nSPS) is 19.4. The number of hydrogen-bond donors (Lipinski definition) is 1. The quantitative estimate of drug-likeness (QED) is 0.578. The van der Waals surface area contributed by atoms with Crippen LogP contribution >= 0.6 is 0 Å². The van der Waals surface area contributed by atoms with Crippen molar-refractivity contribution in [1.29, 1.82) is 0 Å². The third-order valence-corrected chi connectivity index (χ3v) is 9.76. The number of nitrogens with zero attached hydrogens (tertiary/aromatic N) is 1. The third-order valence-electron chi connectivity index (χ3n) is 4.94. The molecule has 1 aliphatic rings. The Kier molecular flexibility index (Phi) is 5.35. The van der Waals surface area contributed by atoms with E-state index in [-0.39, 0.29) is 5.91 Å². The number of ether oxygens (including phenoxy) is 1. The maximum absolute atomic E-state index is 13.5. The van der Waals surface area contributed by atoms with Crippen LogP contribution < -0.4 is 18.6 Å². The summed E-state index contributed by atoms with van der Waals surface area (Å²) < 4.78 is 23.2. The average molecular weight is 470 g/mol. The first kappa shape index (κ1) is 20.2. The summed E-state index contributed by atoms with van der Waals surface area (Å²) in [6.07, 6.45) is 0. The Hall–Kier alpha value is -3.12. The molecular weight excluding hydrogens is 449 g/mol. The van der Waals surface area contributed by atoms with Crippen LogP contribution in [0.4, 0.5) is 5.69 Å². The molecule has 0 aromatic heterocycles. The molecule has 1 atom stereocenters. The summed E-state index contributed by atoms with van der Waals surface area (Å²) in [6, 6.07) is 20.8. The Bertz CT molecular complexity index is 1130. The van der Waals surface area contributed by atoms with Crippen LogP contribution in [0.3, 0.4) is 0 Å². The number of rotatable bonds is 5. The summed E-state index contributed by atoms with van der Waals surface area (Å²) in [6.45, 7) is 2.29. The van der Waals surface area contributed by atoms with Gasteiger partial charge in [-0.3, -0.25) is 0 Å². The van der Waals surface area contributed by atoms with E-state index in [0.29, 0.717) is 38.0 Å². The van der Waals surface area contributed by atoms with Gasteiger partial charge in [0.1, 0.15) is 0 Å². The van der Waals surface area contributed by atoms with Crippen molar-refractivity contribution in [3.8, 4) is 5.75 Å². The fourth-order valence-corrected chi connectivity index (χ4v) is 8.01. The molecule has 0 saturated heterocycles. The number of benzene rings is 3. The van der Waals surface area contributed by atoms with Crippen molar-refractivity contribution in [3.63, 3.8) is 0 Å². The second kappa shape index (κ2) is 7.95. The van der Waals surface area contributed by atoms with Crippen LogP contribution in [-0.4, -0.2) is 43.2 Å². The molecule has 0 aliphatic carbocycles. The monoisotopic (exact) mass is 471 g/mol. The van der Waals surface area contributed by atoms with Gasteiger partial charge >= 0.3 is 177 Å². The number of hydrogen-bond acceptors (Lipinski definition) is 5. The Labute approximate surface area is 177 Å². The van der Waals surface area contributed by atoms with Crippen LogP contribution in [0.25, 0.3) is 0 Å². The fourth-order valence-electron chi connectivity index (χ4n) is 3.49. The molecular formula is C23H21NO5Se. The van der Waals surface area contributed by atoms with Crippen molar-refractivity contribution >= 4 is 40.0 Å². The average Bonchev–Trinajstić information content (AvgIpc) is 3.05. The van der Waals surface area contributed by atoms with Gasteiger partial charge in [-0.25, -0.2) is 0 Å². The van der Waals surface area contributed by atoms with Gasteiger partial charge in [-0.05, 0) is 0 Å². The van der Waals surface area contributed by atoms with E-state index in [4.69, 9.17) is 8.56 Å². The molecule has 30 heavy (non-hydrogen) atoms. The topological polar surface area (TPSA) is 76.1 Å². The van der Waals surface area contributed by atoms with Crippen molar-refractivity contribution in [2.45, 2.75) is 6.92 Å². The predicted octanol–water partition coefficient (Wildman–Crippen LogP) is 2.08. The van der Waals surface area contributed by atoms with Crippen LogP contribution in [0.2, 0.25) is 0 Å². The van der Waals surface area contributed by atoms with Crippen molar-refractivity contribution < 1.29 is 22.3 Å². The standard InChI is InChI=1S/C23H21NO5Se/c1-3-24(16-9-8-10-17(15-16)28-2)22(25)18-11-4-6-13-20(18)30(27)21-14-7-5-12-19(21)23(26)29-30/h4-15,27H,3H2,1-2H3. The first-order valence-electron chi connectivity index (χ1n) is 9.43. The molecule has 1 unspecified atom stereocenters. The van der Waals surface area contributed by atoms with E-state index < -0.39 is 19.5 Å². The van der Waals surface area contributed by atoms with Gasteiger partial charge in [-0.2, -0.15) is 0 Å². The van der Waals surface area contributed by atoms with Crippen molar-refractivity contribution in [2.24, 2.45) is 0 Å². The van der Waals surface area contributed by atoms with Crippen LogP contribution in [0.1, 0.15) is 27.6 Å². The number of amides is 1. The summed E-state index contributed by atoms with van der Waals surface area (Å²) in [4.78, 5) is 27.5. The number of methoxy groups -OCH3 is 1. The zero-order chi connectivity index (χ0) is 21.3. The zero-order valence-corrected chi connectivity index (χ0v) is 18.3. The maximum atomic E-state index is 13.5. The van der Waals surface area contributed by atoms with Crippen LogP contribution in [0.5, 0.6) is 5.75 Å². The molecule has 3 aromatic carbocycles. The molecule has 0 radical (unpaired) electrons. The van der Waals surface area contributed by atoms with E-state index in [1.807, 2.05) is 19.1 Å². The van der Waals surface area contributed by atoms with E-state index in [2.05, 4.69) is 0 Å². The summed E-state index contributed by atoms with van der Waals surface area (Å²) in [7, 11) is 1.57. The molecule has 6 nitrogen and oxygen atoms in total. The van der Waals surface area contributed by atoms with Crippen LogP contribution in [-0.2, 0) is 3.82 Å². The molecule has 154 valence electrons. The first-order chi connectivity index (χ1) is 14.5. The number of carbonyl (C=O) groups is 2. The SMILES string of the molecule is CCN(C(=O)c1ccccc1[Se]1(O)OC(=O)c2ccccc21)c1cccc(OC)c1. The first-order valence-corrected chi connectivity index (χ1v) is 12.6. The molecule has 0 fully saturated rings. The number of anilines is 1. The van der Waals surface area contributed by atoms with Crippen molar-refractivity contribution in [3.05, 3.63) is 83.9 Å². The Morgan fingerprint density at radius 2 is 1.73 bits per heavy atom. The van der Waals surface area contributed by atoms with Crippen LogP contribution in [0, 0.1) is 0 Å². The summed E-state index contributed by atoms with van der Waals surface area (Å²) in [5.41, 5.74) is 1.34. The molecule has 1 amide bonds. The van der Waals surface area contributed by atoms with Crippen molar-refractivity contribution in [2.75, 3.05) is 18.6 Å². The van der Waals surface area contributed by atoms with E-state index >= 15 is 0 Å². The van der Waals surface area contributed by atoms with Crippen molar-refractivity contribution in [1.82, 2.24) is 0 Å². The Morgan fingerprint density at radius 3 is 2.47 bits per heavy atom.